The third kappa shape index (κ3) is 6.71. The minimum absolute atomic E-state index is 0.116. The van der Waals surface area contributed by atoms with Gasteiger partial charge in [0.25, 0.3) is 5.91 Å². The van der Waals surface area contributed by atoms with Gasteiger partial charge in [-0.25, -0.2) is 4.39 Å². The molecule has 2 aromatic carbocycles. The molecule has 2 aliphatic rings. The predicted octanol–water partition coefficient (Wildman–Crippen LogP) is 1.80. The quantitative estimate of drug-likeness (QED) is 0.389. The summed E-state index contributed by atoms with van der Waals surface area (Å²) in [6.45, 7) is 3.49. The summed E-state index contributed by atoms with van der Waals surface area (Å²) in [5.74, 6) is -0.553. The third-order valence-electron chi connectivity index (χ3n) is 6.92. The van der Waals surface area contributed by atoms with Crippen LogP contribution in [0.2, 0.25) is 0 Å². The van der Waals surface area contributed by atoms with Crippen LogP contribution < -0.4 is 26.0 Å². The van der Waals surface area contributed by atoms with E-state index in [2.05, 4.69) is 27.7 Å². The van der Waals surface area contributed by atoms with Gasteiger partial charge in [0, 0.05) is 50.9 Å². The number of piperidine rings is 1. The molecule has 1 fully saturated rings. The molecule has 1 saturated heterocycles. The summed E-state index contributed by atoms with van der Waals surface area (Å²) in [7, 11) is 1.65. The van der Waals surface area contributed by atoms with Crippen LogP contribution in [0, 0.1) is 5.82 Å². The van der Waals surface area contributed by atoms with E-state index < -0.39 is 23.7 Å². The number of carboxylic acid groups (broad SMARTS) is 1. The number of hydrogen-bond acceptors (Lipinski definition) is 8. The van der Waals surface area contributed by atoms with Gasteiger partial charge in [-0.1, -0.05) is 12.1 Å². The number of nitrogens with one attached hydrogen (secondary N) is 2. The minimum atomic E-state index is -1.22. The van der Waals surface area contributed by atoms with Crippen molar-refractivity contribution in [3.63, 3.8) is 0 Å². The van der Waals surface area contributed by atoms with Crippen molar-refractivity contribution in [1.29, 1.82) is 0 Å². The lowest BCUT2D eigenvalue weighted by Gasteiger charge is -2.41. The van der Waals surface area contributed by atoms with Crippen molar-refractivity contribution in [3.05, 3.63) is 59.4 Å². The van der Waals surface area contributed by atoms with Crippen LogP contribution in [0.1, 0.15) is 35.2 Å². The summed E-state index contributed by atoms with van der Waals surface area (Å²) in [5.41, 5.74) is 7.13. The smallest absolute Gasteiger partial charge is 0.322 e. The molecule has 2 heterocycles. The number of nitrogens with two attached hydrogens (primary N) is 1. The summed E-state index contributed by atoms with van der Waals surface area (Å²) < 4.78 is 20.3. The number of amides is 1. The first-order chi connectivity index (χ1) is 18.4. The number of hydrogen-bond donors (Lipinski definition) is 4. The highest BCUT2D eigenvalue weighted by atomic mass is 19.1. The van der Waals surface area contributed by atoms with Crippen molar-refractivity contribution in [3.8, 4) is 5.75 Å². The molecule has 11 heteroatoms. The number of rotatable bonds is 9. The second-order valence-corrected chi connectivity index (χ2v) is 9.50. The molecule has 0 spiro atoms. The van der Waals surface area contributed by atoms with E-state index in [1.807, 2.05) is 17.0 Å². The lowest BCUT2D eigenvalue weighted by Crippen LogP contribution is -2.52. The number of carbonyl (C=O) groups is 2. The van der Waals surface area contributed by atoms with E-state index in [9.17, 15) is 9.59 Å². The van der Waals surface area contributed by atoms with Gasteiger partial charge in [-0.15, -0.1) is 0 Å². The maximum atomic E-state index is 15.0. The van der Waals surface area contributed by atoms with Crippen LogP contribution in [0.25, 0.3) is 0 Å². The van der Waals surface area contributed by atoms with Gasteiger partial charge in [-0.3, -0.25) is 14.6 Å². The first-order valence-electron chi connectivity index (χ1n) is 12.8. The molecule has 2 aliphatic heterocycles. The molecule has 0 aromatic heterocycles. The maximum Gasteiger partial charge on any atom is 0.322 e. The number of aliphatic imine (C=N–C) groups is 1. The van der Waals surface area contributed by atoms with Crippen LogP contribution in [-0.2, 0) is 11.3 Å². The fourth-order valence-corrected chi connectivity index (χ4v) is 4.73. The Bertz CT molecular complexity index is 1150. The summed E-state index contributed by atoms with van der Waals surface area (Å²) >= 11 is 0. The van der Waals surface area contributed by atoms with Crippen molar-refractivity contribution >= 4 is 23.5 Å². The Hall–Kier alpha value is -3.86. The number of carbonyl (C=O) groups excluding carboxylic acids is 1. The van der Waals surface area contributed by atoms with Crippen molar-refractivity contribution in [1.82, 2.24) is 15.5 Å². The highest BCUT2D eigenvalue weighted by molar-refractivity contribution is 5.95. The van der Waals surface area contributed by atoms with Crippen LogP contribution in [0.3, 0.4) is 0 Å². The van der Waals surface area contributed by atoms with E-state index in [1.165, 1.54) is 6.07 Å². The molecule has 1 amide bonds. The molecule has 10 nitrogen and oxygen atoms in total. The molecule has 1 atom stereocenters. The molecule has 204 valence electrons. The first kappa shape index (κ1) is 27.2. The van der Waals surface area contributed by atoms with Gasteiger partial charge >= 0.3 is 5.97 Å². The largest absolute Gasteiger partial charge is 0.497 e. The third-order valence-corrected chi connectivity index (χ3v) is 6.92. The first-order valence-corrected chi connectivity index (χ1v) is 12.8. The Kier molecular flexibility index (Phi) is 9.01. The van der Waals surface area contributed by atoms with Crippen LogP contribution >= 0.6 is 0 Å². The molecule has 5 N–H and O–H groups in total. The molecule has 38 heavy (non-hydrogen) atoms. The van der Waals surface area contributed by atoms with E-state index in [0.29, 0.717) is 25.3 Å². The van der Waals surface area contributed by atoms with E-state index in [0.717, 1.165) is 49.6 Å². The second kappa shape index (κ2) is 12.6. The SMILES string of the molecule is COc1ccc(CN(C2=NCCCN2)C2CCN(c3ccc(C(=O)NC[C@H](N)C(=O)O)cc3F)CC2)cc1. The Balaban J connectivity index is 1.40. The predicted molar refractivity (Wildman–Crippen MR) is 143 cm³/mol. The second-order valence-electron chi connectivity index (χ2n) is 9.50. The number of ether oxygens (including phenoxy) is 1. The van der Waals surface area contributed by atoms with E-state index >= 15 is 4.39 Å². The lowest BCUT2D eigenvalue weighted by atomic mass is 10.0. The highest BCUT2D eigenvalue weighted by Crippen LogP contribution is 2.27. The number of anilines is 1. The number of carboxylic acids is 1. The molecule has 0 aliphatic carbocycles. The Labute approximate surface area is 221 Å². The van der Waals surface area contributed by atoms with Gasteiger partial charge in [-0.2, -0.15) is 0 Å². The molecule has 0 saturated carbocycles. The monoisotopic (exact) mass is 526 g/mol. The maximum absolute atomic E-state index is 15.0. The summed E-state index contributed by atoms with van der Waals surface area (Å²) in [6.07, 6.45) is 2.66. The van der Waals surface area contributed by atoms with Gasteiger partial charge in [-0.05, 0) is 55.2 Å². The average Bonchev–Trinajstić information content (AvgIpc) is 2.95. The zero-order chi connectivity index (χ0) is 27.1. The molecule has 0 unspecified atom stereocenters. The van der Waals surface area contributed by atoms with E-state index in [1.54, 1.807) is 19.2 Å². The topological polar surface area (TPSA) is 133 Å². The fourth-order valence-electron chi connectivity index (χ4n) is 4.73. The van der Waals surface area contributed by atoms with Crippen molar-refractivity contribution < 1.29 is 23.8 Å². The number of methoxy groups -OCH3 is 1. The van der Waals surface area contributed by atoms with Crippen molar-refractivity contribution in [2.45, 2.75) is 37.9 Å². The molecule has 0 bridgehead atoms. The van der Waals surface area contributed by atoms with Crippen LogP contribution in [-0.4, -0.2) is 79.8 Å². The number of nitrogens with zero attached hydrogens (tertiary/aromatic N) is 3. The van der Waals surface area contributed by atoms with Gasteiger partial charge in [0.15, 0.2) is 5.96 Å². The highest BCUT2D eigenvalue weighted by Gasteiger charge is 2.29. The van der Waals surface area contributed by atoms with Gasteiger partial charge < -0.3 is 36.0 Å². The Morgan fingerprint density at radius 2 is 2.00 bits per heavy atom. The van der Waals surface area contributed by atoms with Crippen LogP contribution in [0.5, 0.6) is 5.75 Å². The summed E-state index contributed by atoms with van der Waals surface area (Å²) in [4.78, 5) is 32.2. The number of benzene rings is 2. The van der Waals surface area contributed by atoms with Gasteiger partial charge in [0.05, 0.1) is 12.8 Å². The summed E-state index contributed by atoms with van der Waals surface area (Å²) in [6, 6.07) is 11.4. The molecule has 4 rings (SSSR count). The Morgan fingerprint density at radius 3 is 2.61 bits per heavy atom. The van der Waals surface area contributed by atoms with E-state index in [4.69, 9.17) is 20.6 Å². The molecule has 0 radical (unpaired) electrons. The van der Waals surface area contributed by atoms with Crippen molar-refractivity contribution in [2.75, 3.05) is 44.7 Å². The fraction of sp³-hybridized carbons (Fsp3) is 0.444. The van der Waals surface area contributed by atoms with E-state index in [-0.39, 0.29) is 18.2 Å². The standard InChI is InChI=1S/C27H35FN6O4/c1-38-21-6-3-18(4-7-21)17-34(27-30-11-2-12-31-27)20-9-13-33(14-10-20)24-8-5-19(15-22(24)28)25(35)32-16-23(29)26(36)37/h3-8,15,20,23H,2,9-14,16-17,29H2,1H3,(H,30,31)(H,32,35)(H,36,37)/t23-/m0/s1. The number of halogens is 1. The lowest BCUT2D eigenvalue weighted by molar-refractivity contribution is -0.138. The van der Waals surface area contributed by atoms with Crippen molar-refractivity contribution in [2.24, 2.45) is 10.7 Å². The van der Waals surface area contributed by atoms with Crippen LogP contribution in [0.4, 0.5) is 10.1 Å². The average molecular weight is 527 g/mol. The zero-order valence-corrected chi connectivity index (χ0v) is 21.5. The zero-order valence-electron chi connectivity index (χ0n) is 21.5. The number of guanidine groups is 1. The molecular formula is C27H35FN6O4. The Morgan fingerprint density at radius 1 is 1.26 bits per heavy atom. The van der Waals surface area contributed by atoms with Gasteiger partial charge in [0.1, 0.15) is 17.6 Å². The summed E-state index contributed by atoms with van der Waals surface area (Å²) in [5, 5.41) is 14.7. The minimum Gasteiger partial charge on any atom is -0.497 e. The molecule has 2 aromatic rings. The number of aliphatic carboxylic acids is 1. The van der Waals surface area contributed by atoms with Crippen LogP contribution in [0.15, 0.2) is 47.5 Å². The molecular weight excluding hydrogens is 491 g/mol. The normalized spacial score (nSPS) is 16.7. The van der Waals surface area contributed by atoms with Gasteiger partial charge in [0.2, 0.25) is 0 Å².